The Morgan fingerprint density at radius 3 is 2.39 bits per heavy atom. The summed E-state index contributed by atoms with van der Waals surface area (Å²) in [6.07, 6.45) is 0.712. The molecule has 28 heavy (non-hydrogen) atoms. The SMILES string of the molecule is Cc1ccc(Cl)cc1N1CCN(C(=O)C(CC(=O)S)Cc2ccccc2)CC1. The molecule has 0 aromatic heterocycles. The van der Waals surface area contributed by atoms with E-state index in [1.165, 1.54) is 5.56 Å². The summed E-state index contributed by atoms with van der Waals surface area (Å²) in [5, 5.41) is 0.469. The summed E-state index contributed by atoms with van der Waals surface area (Å²) in [5.74, 6) is -0.333. The Labute approximate surface area is 176 Å². The van der Waals surface area contributed by atoms with Gasteiger partial charge in [-0.1, -0.05) is 48.0 Å². The van der Waals surface area contributed by atoms with Crippen LogP contribution in [0.15, 0.2) is 48.5 Å². The molecule has 1 fully saturated rings. The van der Waals surface area contributed by atoms with Crippen molar-refractivity contribution < 1.29 is 9.59 Å². The van der Waals surface area contributed by atoms with Crippen LogP contribution in [0.4, 0.5) is 5.69 Å². The van der Waals surface area contributed by atoms with Gasteiger partial charge in [-0.25, -0.2) is 0 Å². The largest absolute Gasteiger partial charge is 0.368 e. The van der Waals surface area contributed by atoms with Crippen LogP contribution in [0.25, 0.3) is 0 Å². The Kier molecular flexibility index (Phi) is 7.03. The standard InChI is InChI=1S/C22H25ClN2O2S/c1-16-7-8-19(23)15-20(16)24-9-11-25(12-10-24)22(27)18(14-21(26)28)13-17-5-3-2-4-6-17/h2-8,15,18H,9-14H2,1H3,(H,26,28). The number of piperazine rings is 1. The second-order valence-corrected chi connectivity index (χ2v) is 8.16. The zero-order chi connectivity index (χ0) is 20.1. The van der Waals surface area contributed by atoms with E-state index >= 15 is 0 Å². The molecule has 0 bridgehead atoms. The number of halogens is 1. The van der Waals surface area contributed by atoms with E-state index in [4.69, 9.17) is 11.6 Å². The number of rotatable bonds is 6. The minimum absolute atomic E-state index is 0.0359. The van der Waals surface area contributed by atoms with Gasteiger partial charge in [0.1, 0.15) is 0 Å². The Morgan fingerprint density at radius 1 is 1.07 bits per heavy atom. The monoisotopic (exact) mass is 416 g/mol. The number of carbonyl (C=O) groups is 2. The van der Waals surface area contributed by atoms with E-state index in [0.717, 1.165) is 24.3 Å². The van der Waals surface area contributed by atoms with Crippen molar-refractivity contribution in [2.45, 2.75) is 19.8 Å². The molecule has 0 aliphatic carbocycles. The molecule has 3 rings (SSSR count). The molecule has 2 aromatic rings. The summed E-state index contributed by atoms with van der Waals surface area (Å²) < 4.78 is 0. The molecule has 2 aromatic carbocycles. The van der Waals surface area contributed by atoms with Gasteiger partial charge in [-0.3, -0.25) is 9.59 Å². The summed E-state index contributed by atoms with van der Waals surface area (Å²) in [5.41, 5.74) is 3.35. The Bertz CT molecular complexity index is 836. The van der Waals surface area contributed by atoms with E-state index in [1.54, 1.807) is 0 Å². The van der Waals surface area contributed by atoms with E-state index < -0.39 is 0 Å². The van der Waals surface area contributed by atoms with Gasteiger partial charge in [-0.15, -0.1) is 12.6 Å². The molecule has 0 radical (unpaired) electrons. The molecular formula is C22H25ClN2O2S. The first kappa shape index (κ1) is 20.7. The van der Waals surface area contributed by atoms with Crippen LogP contribution >= 0.6 is 24.2 Å². The first-order valence-electron chi connectivity index (χ1n) is 9.49. The molecule has 4 nitrogen and oxygen atoms in total. The van der Waals surface area contributed by atoms with Gasteiger partial charge in [-0.2, -0.15) is 0 Å². The molecule has 1 saturated heterocycles. The number of anilines is 1. The first-order valence-corrected chi connectivity index (χ1v) is 10.3. The number of thiol groups is 1. The average Bonchev–Trinajstić information content (AvgIpc) is 2.69. The topological polar surface area (TPSA) is 40.6 Å². The zero-order valence-electron chi connectivity index (χ0n) is 16.0. The van der Waals surface area contributed by atoms with E-state index in [1.807, 2.05) is 53.4 Å². The molecule has 148 valence electrons. The van der Waals surface area contributed by atoms with Crippen molar-refractivity contribution in [3.8, 4) is 0 Å². The molecule has 1 amide bonds. The van der Waals surface area contributed by atoms with Crippen LogP contribution in [0.2, 0.25) is 5.02 Å². The highest BCUT2D eigenvalue weighted by atomic mass is 35.5. The maximum absolute atomic E-state index is 13.1. The van der Waals surface area contributed by atoms with Crippen molar-refractivity contribution in [2.75, 3.05) is 31.1 Å². The number of amides is 1. The lowest BCUT2D eigenvalue weighted by atomic mass is 9.95. The van der Waals surface area contributed by atoms with Crippen molar-refractivity contribution in [3.05, 3.63) is 64.7 Å². The lowest BCUT2D eigenvalue weighted by Crippen LogP contribution is -2.51. The van der Waals surface area contributed by atoms with Crippen molar-refractivity contribution in [3.63, 3.8) is 0 Å². The van der Waals surface area contributed by atoms with Crippen LogP contribution in [0.3, 0.4) is 0 Å². The minimum Gasteiger partial charge on any atom is -0.368 e. The quantitative estimate of drug-likeness (QED) is 0.723. The van der Waals surface area contributed by atoms with Crippen LogP contribution in [-0.4, -0.2) is 42.1 Å². The molecule has 0 saturated carbocycles. The van der Waals surface area contributed by atoms with Crippen LogP contribution in [0.1, 0.15) is 17.5 Å². The highest BCUT2D eigenvalue weighted by Gasteiger charge is 2.29. The third-order valence-corrected chi connectivity index (χ3v) is 5.62. The van der Waals surface area contributed by atoms with Crippen molar-refractivity contribution in [1.82, 2.24) is 4.90 Å². The molecule has 6 heteroatoms. The molecule has 1 heterocycles. The molecule has 1 aliphatic rings. The first-order chi connectivity index (χ1) is 13.4. The predicted octanol–water partition coefficient (Wildman–Crippen LogP) is 4.00. The Balaban J connectivity index is 1.66. The van der Waals surface area contributed by atoms with Crippen LogP contribution in [-0.2, 0) is 16.0 Å². The smallest absolute Gasteiger partial charge is 0.226 e. The minimum atomic E-state index is -0.369. The number of carbonyl (C=O) groups excluding carboxylic acids is 2. The lowest BCUT2D eigenvalue weighted by molar-refractivity contribution is -0.137. The van der Waals surface area contributed by atoms with Crippen molar-refractivity contribution >= 4 is 40.9 Å². The second kappa shape index (κ2) is 9.48. The van der Waals surface area contributed by atoms with Gasteiger partial charge in [0.25, 0.3) is 0 Å². The summed E-state index contributed by atoms with van der Waals surface area (Å²) in [4.78, 5) is 28.9. The number of hydrogen-bond donors (Lipinski definition) is 1. The van der Waals surface area contributed by atoms with E-state index in [-0.39, 0.29) is 23.4 Å². The highest BCUT2D eigenvalue weighted by Crippen LogP contribution is 2.26. The fourth-order valence-corrected chi connectivity index (χ4v) is 4.09. The molecule has 1 atom stereocenters. The van der Waals surface area contributed by atoms with Gasteiger partial charge < -0.3 is 9.80 Å². The maximum Gasteiger partial charge on any atom is 0.226 e. The number of benzene rings is 2. The predicted molar refractivity (Wildman–Crippen MR) is 117 cm³/mol. The fraction of sp³-hybridized carbons (Fsp3) is 0.364. The Hall–Kier alpha value is -1.98. The van der Waals surface area contributed by atoms with Crippen molar-refractivity contribution in [2.24, 2.45) is 5.92 Å². The summed E-state index contributed by atoms with van der Waals surface area (Å²) >= 11 is 10.1. The third-order valence-electron chi connectivity index (χ3n) is 5.20. The molecule has 1 aliphatic heterocycles. The van der Waals surface area contributed by atoms with Gasteiger partial charge in [0, 0.05) is 49.2 Å². The molecular weight excluding hydrogens is 392 g/mol. The normalized spacial score (nSPS) is 15.4. The van der Waals surface area contributed by atoms with Gasteiger partial charge >= 0.3 is 0 Å². The van der Waals surface area contributed by atoms with Gasteiger partial charge in [0.2, 0.25) is 5.91 Å². The summed E-state index contributed by atoms with van der Waals surface area (Å²) in [6, 6.07) is 15.7. The number of hydrogen-bond acceptors (Lipinski definition) is 3. The van der Waals surface area contributed by atoms with Crippen LogP contribution in [0.5, 0.6) is 0 Å². The maximum atomic E-state index is 13.1. The van der Waals surface area contributed by atoms with E-state index in [9.17, 15) is 9.59 Å². The van der Waals surface area contributed by atoms with E-state index in [2.05, 4.69) is 24.5 Å². The molecule has 0 N–H and O–H groups in total. The van der Waals surface area contributed by atoms with Crippen LogP contribution < -0.4 is 4.90 Å². The van der Waals surface area contributed by atoms with Gasteiger partial charge in [-0.05, 0) is 36.6 Å². The Morgan fingerprint density at radius 2 is 1.75 bits per heavy atom. The number of nitrogens with zero attached hydrogens (tertiary/aromatic N) is 2. The number of aryl methyl sites for hydroxylation is 1. The van der Waals surface area contributed by atoms with Gasteiger partial charge in [0.15, 0.2) is 5.12 Å². The highest BCUT2D eigenvalue weighted by molar-refractivity contribution is 7.96. The molecule has 1 unspecified atom stereocenters. The molecule has 0 spiro atoms. The zero-order valence-corrected chi connectivity index (χ0v) is 17.6. The van der Waals surface area contributed by atoms with Gasteiger partial charge in [0.05, 0.1) is 0 Å². The van der Waals surface area contributed by atoms with Crippen molar-refractivity contribution in [1.29, 1.82) is 0 Å². The van der Waals surface area contributed by atoms with Crippen LogP contribution in [0, 0.1) is 12.8 Å². The average molecular weight is 417 g/mol. The lowest BCUT2D eigenvalue weighted by Gasteiger charge is -2.38. The fourth-order valence-electron chi connectivity index (χ4n) is 3.71. The second-order valence-electron chi connectivity index (χ2n) is 7.23. The van der Waals surface area contributed by atoms with E-state index in [0.29, 0.717) is 24.5 Å². The summed E-state index contributed by atoms with van der Waals surface area (Å²) in [7, 11) is 0. The third kappa shape index (κ3) is 5.30. The summed E-state index contributed by atoms with van der Waals surface area (Å²) in [6.45, 7) is 4.84.